The average molecular weight is 620 g/mol. The lowest BCUT2D eigenvalue weighted by atomic mass is 9.74. The Bertz CT molecular complexity index is 1340. The number of aliphatic hydroxyl groups excluding tert-OH is 1. The third kappa shape index (κ3) is 5.60. The molecule has 2 N–H and O–H groups in total. The highest BCUT2D eigenvalue weighted by atomic mass is 16.6. The molecule has 45 heavy (non-hydrogen) atoms. The molecule has 10 heteroatoms. The van der Waals surface area contributed by atoms with E-state index in [1.165, 1.54) is 4.90 Å². The van der Waals surface area contributed by atoms with E-state index in [0.717, 1.165) is 32.1 Å². The summed E-state index contributed by atoms with van der Waals surface area (Å²) in [4.78, 5) is 59.8. The molecule has 6 rings (SSSR count). The Labute approximate surface area is 264 Å². The van der Waals surface area contributed by atoms with Gasteiger partial charge in [0.25, 0.3) is 0 Å². The van der Waals surface area contributed by atoms with Gasteiger partial charge < -0.3 is 29.7 Å². The van der Waals surface area contributed by atoms with Crippen molar-refractivity contribution in [2.24, 2.45) is 11.8 Å². The molecule has 5 bridgehead atoms. The van der Waals surface area contributed by atoms with Crippen molar-refractivity contribution in [3.8, 4) is 0 Å². The van der Waals surface area contributed by atoms with Gasteiger partial charge in [-0.15, -0.1) is 0 Å². The van der Waals surface area contributed by atoms with Crippen molar-refractivity contribution in [1.29, 1.82) is 0 Å². The number of carbonyl (C=O) groups excluding carboxylic acids is 4. The fourth-order valence-corrected chi connectivity index (χ4v) is 8.16. The van der Waals surface area contributed by atoms with Crippen molar-refractivity contribution >= 4 is 23.7 Å². The van der Waals surface area contributed by atoms with Crippen LogP contribution in [0.1, 0.15) is 76.9 Å². The highest BCUT2D eigenvalue weighted by Crippen LogP contribution is 2.56. The molecule has 242 valence electrons. The van der Waals surface area contributed by atoms with Crippen molar-refractivity contribution in [3.05, 3.63) is 60.2 Å². The van der Waals surface area contributed by atoms with Crippen LogP contribution in [0.5, 0.6) is 0 Å². The summed E-state index contributed by atoms with van der Waals surface area (Å²) in [6.45, 7) is 3.71. The number of hydrogen-bond donors (Lipinski definition) is 2. The number of likely N-dealkylation sites (tertiary alicyclic amines) is 1. The quantitative estimate of drug-likeness (QED) is 0.383. The largest absolute Gasteiger partial charge is 0.455 e. The van der Waals surface area contributed by atoms with Crippen molar-refractivity contribution in [3.63, 3.8) is 0 Å². The van der Waals surface area contributed by atoms with Gasteiger partial charge in [-0.05, 0) is 38.2 Å². The van der Waals surface area contributed by atoms with Crippen LogP contribution in [0.25, 0.3) is 0 Å². The van der Waals surface area contributed by atoms with Gasteiger partial charge in [0.15, 0.2) is 0 Å². The molecule has 4 aliphatic heterocycles. The molecule has 2 saturated heterocycles. The lowest BCUT2D eigenvalue weighted by molar-refractivity contribution is -0.162. The summed E-state index contributed by atoms with van der Waals surface area (Å²) in [5, 5.41) is 13.4. The van der Waals surface area contributed by atoms with Crippen molar-refractivity contribution in [1.82, 2.24) is 15.1 Å². The maximum atomic E-state index is 14.8. The number of esters is 1. The van der Waals surface area contributed by atoms with Crippen molar-refractivity contribution in [2.75, 3.05) is 13.2 Å². The smallest absolute Gasteiger partial charge is 0.313 e. The Kier molecular flexibility index (Phi) is 9.15. The van der Waals surface area contributed by atoms with Gasteiger partial charge in [0.1, 0.15) is 23.7 Å². The summed E-state index contributed by atoms with van der Waals surface area (Å²) in [6, 6.07) is 7.05. The Hall–Kier alpha value is -3.50. The molecule has 3 fully saturated rings. The van der Waals surface area contributed by atoms with E-state index in [2.05, 4.69) is 5.32 Å². The molecular weight excluding hydrogens is 574 g/mol. The Morgan fingerprint density at radius 2 is 1.80 bits per heavy atom. The topological polar surface area (TPSA) is 125 Å². The molecule has 1 spiro atoms. The van der Waals surface area contributed by atoms with Gasteiger partial charge >= 0.3 is 5.97 Å². The first-order chi connectivity index (χ1) is 21.8. The van der Waals surface area contributed by atoms with Gasteiger partial charge in [-0.3, -0.25) is 19.2 Å². The summed E-state index contributed by atoms with van der Waals surface area (Å²) >= 11 is 0. The van der Waals surface area contributed by atoms with E-state index in [0.29, 0.717) is 24.9 Å². The molecule has 10 nitrogen and oxygen atoms in total. The number of cyclic esters (lactones) is 1. The van der Waals surface area contributed by atoms with Crippen LogP contribution in [-0.2, 0) is 28.7 Å². The maximum Gasteiger partial charge on any atom is 0.313 e. The summed E-state index contributed by atoms with van der Waals surface area (Å²) in [5.41, 5.74) is -0.634. The first kappa shape index (κ1) is 31.5. The minimum atomic E-state index is -1.35. The zero-order valence-corrected chi connectivity index (χ0v) is 26.2. The SMILES string of the molecule is CC[C@@H](CO)N1C(=O)[C@@H]2[C@H]3C(=O)O[C@@H](c4ccccc4)[C@H](C)NC(=O)CC/C=C\CN(C4CCCCC4)C(=O)[C@@H]1[C@]21C=C[C@H]3O1. The number of ether oxygens (including phenoxy) is 2. The number of allylic oxidation sites excluding steroid dienone is 1. The molecule has 1 aliphatic carbocycles. The zero-order valence-electron chi connectivity index (χ0n) is 26.2. The first-order valence-electron chi connectivity index (χ1n) is 16.6. The van der Waals surface area contributed by atoms with Crippen LogP contribution in [0.2, 0.25) is 0 Å². The number of hydrogen-bond acceptors (Lipinski definition) is 7. The summed E-state index contributed by atoms with van der Waals surface area (Å²) < 4.78 is 12.8. The van der Waals surface area contributed by atoms with Crippen LogP contribution in [0.4, 0.5) is 0 Å². The van der Waals surface area contributed by atoms with E-state index in [1.807, 2.05) is 54.3 Å². The molecule has 1 aromatic carbocycles. The van der Waals surface area contributed by atoms with Crippen LogP contribution in [-0.4, -0.2) is 87.6 Å². The second-order valence-electron chi connectivity index (χ2n) is 13.1. The number of fused-ring (bicyclic) bond motifs is 2. The number of carbonyl (C=O) groups is 4. The van der Waals surface area contributed by atoms with Gasteiger partial charge in [-0.1, -0.05) is 80.8 Å². The highest BCUT2D eigenvalue weighted by molar-refractivity contribution is 5.99. The van der Waals surface area contributed by atoms with Gasteiger partial charge in [-0.2, -0.15) is 0 Å². The summed E-state index contributed by atoms with van der Waals surface area (Å²) in [5.74, 6) is -3.34. The molecule has 8 atom stereocenters. The minimum absolute atomic E-state index is 0.00119. The molecule has 4 heterocycles. The zero-order chi connectivity index (χ0) is 31.7. The Morgan fingerprint density at radius 1 is 1.04 bits per heavy atom. The number of aliphatic hydroxyl groups is 1. The van der Waals surface area contributed by atoms with Crippen LogP contribution in [0.3, 0.4) is 0 Å². The minimum Gasteiger partial charge on any atom is -0.455 e. The monoisotopic (exact) mass is 619 g/mol. The highest BCUT2D eigenvalue weighted by Gasteiger charge is 2.74. The number of nitrogens with one attached hydrogen (secondary N) is 1. The van der Waals surface area contributed by atoms with E-state index in [9.17, 15) is 24.3 Å². The molecule has 5 aliphatic rings. The standard InChI is InChI=1S/C35H45N3O7/c1-3-24(21-39)38-31-33(42)37(25-15-9-5-10-16-25)20-12-6-11-17-27(40)36-22(2)30(23-13-7-4-8-14-23)44-34(43)28-26-18-19-35(31,45-26)29(28)32(38)41/h4,6-8,12-14,18-19,22,24-26,28-31,39H,3,5,9-11,15-17,20-21H2,1-2H3,(H,36,40)/b12-6-/t22-,24-,26+,28-,29-,30+,31+,35-/m0/s1. The molecule has 0 radical (unpaired) electrons. The fraction of sp³-hybridized carbons (Fsp3) is 0.600. The van der Waals surface area contributed by atoms with Crippen molar-refractivity contribution < 1.29 is 33.8 Å². The summed E-state index contributed by atoms with van der Waals surface area (Å²) in [6.07, 6.45) is 12.0. The van der Waals surface area contributed by atoms with Crippen LogP contribution >= 0.6 is 0 Å². The van der Waals surface area contributed by atoms with E-state index in [1.54, 1.807) is 19.1 Å². The molecular formula is C35H45N3O7. The average Bonchev–Trinajstić information content (AvgIpc) is 3.70. The second kappa shape index (κ2) is 13.1. The van der Waals surface area contributed by atoms with Crippen LogP contribution < -0.4 is 5.32 Å². The molecule has 0 unspecified atom stereocenters. The van der Waals surface area contributed by atoms with Gasteiger partial charge in [0.05, 0.1) is 30.7 Å². The summed E-state index contributed by atoms with van der Waals surface area (Å²) in [7, 11) is 0. The van der Waals surface area contributed by atoms with E-state index >= 15 is 0 Å². The fourth-order valence-electron chi connectivity index (χ4n) is 8.16. The lowest BCUT2D eigenvalue weighted by Crippen LogP contribution is -2.60. The predicted molar refractivity (Wildman–Crippen MR) is 165 cm³/mol. The van der Waals surface area contributed by atoms with E-state index in [-0.39, 0.29) is 36.8 Å². The predicted octanol–water partition coefficient (Wildman–Crippen LogP) is 3.21. The number of amides is 3. The maximum absolute atomic E-state index is 14.8. The van der Waals surface area contributed by atoms with E-state index in [4.69, 9.17) is 9.47 Å². The van der Waals surface area contributed by atoms with Gasteiger partial charge in [-0.25, -0.2) is 0 Å². The molecule has 0 aromatic heterocycles. The lowest BCUT2D eigenvalue weighted by Gasteiger charge is -2.41. The van der Waals surface area contributed by atoms with Crippen LogP contribution in [0, 0.1) is 11.8 Å². The van der Waals surface area contributed by atoms with Gasteiger partial charge in [0, 0.05) is 19.0 Å². The van der Waals surface area contributed by atoms with Crippen LogP contribution in [0.15, 0.2) is 54.6 Å². The molecule has 3 amide bonds. The second-order valence-corrected chi connectivity index (χ2v) is 13.1. The Morgan fingerprint density at radius 3 is 2.51 bits per heavy atom. The van der Waals surface area contributed by atoms with Gasteiger partial charge in [0.2, 0.25) is 17.7 Å². The molecule has 1 aromatic rings. The van der Waals surface area contributed by atoms with Crippen molar-refractivity contribution in [2.45, 2.75) is 107 Å². The number of rotatable bonds is 5. The first-order valence-corrected chi connectivity index (χ1v) is 16.6. The van der Waals surface area contributed by atoms with E-state index < -0.39 is 53.7 Å². The third-order valence-corrected chi connectivity index (χ3v) is 10.4. The molecule has 1 saturated carbocycles. The number of nitrogens with zero attached hydrogens (tertiary/aromatic N) is 2. The number of benzene rings is 1. The Balaban J connectivity index is 1.43. The third-order valence-electron chi connectivity index (χ3n) is 10.4. The normalized spacial score (nSPS) is 35.7.